The quantitative estimate of drug-likeness (QED) is 0.764. The maximum Gasteiger partial charge on any atom is 0.150 e. The summed E-state index contributed by atoms with van der Waals surface area (Å²) in [6.45, 7) is 3.63. The summed E-state index contributed by atoms with van der Waals surface area (Å²) in [5.41, 5.74) is 0. The van der Waals surface area contributed by atoms with E-state index in [0.717, 1.165) is 25.7 Å². The van der Waals surface area contributed by atoms with Gasteiger partial charge in [0.05, 0.1) is 5.25 Å². The van der Waals surface area contributed by atoms with Crippen molar-refractivity contribution in [3.05, 3.63) is 0 Å². The molecule has 94 valence electrons. The van der Waals surface area contributed by atoms with E-state index in [1.807, 2.05) is 6.92 Å². The van der Waals surface area contributed by atoms with Crippen LogP contribution in [0.4, 0.5) is 0 Å². The maximum atomic E-state index is 11.5. The molecule has 16 heavy (non-hydrogen) atoms. The highest BCUT2D eigenvalue weighted by atomic mass is 32.2. The molecule has 4 heteroatoms. The van der Waals surface area contributed by atoms with E-state index in [0.29, 0.717) is 6.42 Å². The first-order valence-electron chi connectivity index (χ1n) is 6.05. The molecular weight excluding hydrogens is 224 g/mol. The van der Waals surface area contributed by atoms with Crippen molar-refractivity contribution in [1.82, 2.24) is 0 Å². The average molecular weight is 246 g/mol. The summed E-state index contributed by atoms with van der Waals surface area (Å²) in [6.07, 6.45) is 5.53. The van der Waals surface area contributed by atoms with Gasteiger partial charge < -0.3 is 0 Å². The molecule has 0 radical (unpaired) electrons. The Hall–Kier alpha value is -0.380. The fourth-order valence-corrected chi connectivity index (χ4v) is 4.08. The van der Waals surface area contributed by atoms with Gasteiger partial charge in [-0.2, -0.15) is 0 Å². The van der Waals surface area contributed by atoms with Gasteiger partial charge in [0.25, 0.3) is 0 Å². The fraction of sp³-hybridized carbons (Fsp3) is 0.917. The standard InChI is InChI=1S/C12H22O3S/c1-4-12(9(2)13)10-6-5-7-11(8-10)16(3,14)15/h10-12H,4-8H2,1-3H3. The van der Waals surface area contributed by atoms with Crippen LogP contribution in [0, 0.1) is 11.8 Å². The Morgan fingerprint density at radius 2 is 2.00 bits per heavy atom. The van der Waals surface area contributed by atoms with E-state index in [2.05, 4.69) is 0 Å². The molecule has 0 spiro atoms. The van der Waals surface area contributed by atoms with Gasteiger partial charge in [0.2, 0.25) is 0 Å². The molecule has 0 saturated heterocycles. The van der Waals surface area contributed by atoms with E-state index < -0.39 is 9.84 Å². The van der Waals surface area contributed by atoms with Gasteiger partial charge in [-0.25, -0.2) is 8.42 Å². The van der Waals surface area contributed by atoms with Crippen LogP contribution in [0.15, 0.2) is 0 Å². The lowest BCUT2D eigenvalue weighted by Gasteiger charge is -2.32. The molecule has 0 aromatic carbocycles. The van der Waals surface area contributed by atoms with Crippen molar-refractivity contribution < 1.29 is 13.2 Å². The second-order valence-corrected chi connectivity index (χ2v) is 7.33. The molecule has 0 bridgehead atoms. The van der Waals surface area contributed by atoms with Crippen LogP contribution in [0.1, 0.15) is 46.0 Å². The predicted molar refractivity (Wildman–Crippen MR) is 65.1 cm³/mol. The first-order valence-corrected chi connectivity index (χ1v) is 8.01. The van der Waals surface area contributed by atoms with Gasteiger partial charge in [-0.15, -0.1) is 0 Å². The van der Waals surface area contributed by atoms with E-state index >= 15 is 0 Å². The molecule has 3 unspecified atom stereocenters. The molecule has 1 aliphatic carbocycles. The molecule has 0 heterocycles. The Bertz CT molecular complexity index is 345. The van der Waals surface area contributed by atoms with Crippen LogP contribution in [0.3, 0.4) is 0 Å². The van der Waals surface area contributed by atoms with Crippen LogP contribution >= 0.6 is 0 Å². The highest BCUT2D eigenvalue weighted by Crippen LogP contribution is 2.34. The Labute approximate surface area is 98.5 Å². The summed E-state index contributed by atoms with van der Waals surface area (Å²) in [7, 11) is -2.94. The number of ketones is 1. The SMILES string of the molecule is CCC(C(C)=O)C1CCCC(S(C)(=O)=O)C1. The molecule has 1 rings (SSSR count). The van der Waals surface area contributed by atoms with Crippen LogP contribution in [0.5, 0.6) is 0 Å². The minimum absolute atomic E-state index is 0.0598. The van der Waals surface area contributed by atoms with Crippen molar-refractivity contribution in [2.24, 2.45) is 11.8 Å². The van der Waals surface area contributed by atoms with Crippen molar-refractivity contribution in [2.75, 3.05) is 6.26 Å². The zero-order valence-corrected chi connectivity index (χ0v) is 11.2. The topological polar surface area (TPSA) is 51.2 Å². The Kier molecular flexibility index (Phi) is 4.53. The number of Topliss-reactive ketones (excluding diaryl/α,β-unsaturated/α-hetero) is 1. The van der Waals surface area contributed by atoms with Crippen LogP contribution < -0.4 is 0 Å². The third-order valence-electron chi connectivity index (χ3n) is 3.80. The van der Waals surface area contributed by atoms with Crippen LogP contribution in [0.2, 0.25) is 0 Å². The van der Waals surface area contributed by atoms with Gasteiger partial charge >= 0.3 is 0 Å². The first-order chi connectivity index (χ1) is 7.36. The molecule has 3 atom stereocenters. The monoisotopic (exact) mass is 246 g/mol. The van der Waals surface area contributed by atoms with Crippen LogP contribution in [-0.2, 0) is 14.6 Å². The summed E-state index contributed by atoms with van der Waals surface area (Å²) in [5, 5.41) is -0.223. The van der Waals surface area contributed by atoms with Crippen molar-refractivity contribution in [2.45, 2.75) is 51.2 Å². The normalized spacial score (nSPS) is 28.7. The number of carbonyl (C=O) groups is 1. The number of hydrogen-bond acceptors (Lipinski definition) is 3. The third kappa shape index (κ3) is 3.30. The van der Waals surface area contributed by atoms with Gasteiger partial charge in [-0.05, 0) is 38.5 Å². The molecule has 1 fully saturated rings. The number of rotatable bonds is 4. The smallest absolute Gasteiger partial charge is 0.150 e. The van der Waals surface area contributed by atoms with E-state index in [1.165, 1.54) is 6.26 Å². The Balaban J connectivity index is 2.73. The van der Waals surface area contributed by atoms with Crippen molar-refractivity contribution in [3.8, 4) is 0 Å². The second kappa shape index (κ2) is 5.30. The average Bonchev–Trinajstić information content (AvgIpc) is 2.17. The van der Waals surface area contributed by atoms with E-state index in [-0.39, 0.29) is 22.9 Å². The van der Waals surface area contributed by atoms with Crippen LogP contribution in [-0.4, -0.2) is 25.7 Å². The third-order valence-corrected chi connectivity index (χ3v) is 5.44. The van der Waals surface area contributed by atoms with E-state index in [1.54, 1.807) is 6.92 Å². The van der Waals surface area contributed by atoms with Gasteiger partial charge in [0.1, 0.15) is 15.6 Å². The molecule has 1 aliphatic rings. The van der Waals surface area contributed by atoms with E-state index in [4.69, 9.17) is 0 Å². The highest BCUT2D eigenvalue weighted by molar-refractivity contribution is 7.91. The lowest BCUT2D eigenvalue weighted by molar-refractivity contribution is -0.122. The Morgan fingerprint density at radius 3 is 2.44 bits per heavy atom. The van der Waals surface area contributed by atoms with E-state index in [9.17, 15) is 13.2 Å². The van der Waals surface area contributed by atoms with Crippen LogP contribution in [0.25, 0.3) is 0 Å². The Morgan fingerprint density at radius 1 is 1.38 bits per heavy atom. The molecule has 0 aromatic heterocycles. The molecule has 0 N–H and O–H groups in total. The second-order valence-electron chi connectivity index (χ2n) is 5.00. The summed E-state index contributed by atoms with van der Waals surface area (Å²) in [6, 6.07) is 0. The number of carbonyl (C=O) groups excluding carboxylic acids is 1. The minimum atomic E-state index is -2.94. The molecule has 0 aliphatic heterocycles. The first kappa shape index (κ1) is 13.7. The van der Waals surface area contributed by atoms with Gasteiger partial charge in [0, 0.05) is 12.2 Å². The summed E-state index contributed by atoms with van der Waals surface area (Å²) in [5.74, 6) is 0.544. The number of sulfone groups is 1. The zero-order chi connectivity index (χ0) is 12.3. The summed E-state index contributed by atoms with van der Waals surface area (Å²) < 4.78 is 23.1. The maximum absolute atomic E-state index is 11.5. The number of hydrogen-bond donors (Lipinski definition) is 0. The van der Waals surface area contributed by atoms with Gasteiger partial charge in [0.15, 0.2) is 0 Å². The fourth-order valence-electron chi connectivity index (χ4n) is 2.89. The molecule has 0 amide bonds. The predicted octanol–water partition coefficient (Wildman–Crippen LogP) is 2.21. The highest BCUT2D eigenvalue weighted by Gasteiger charge is 2.33. The van der Waals surface area contributed by atoms with Gasteiger partial charge in [-0.3, -0.25) is 4.79 Å². The lowest BCUT2D eigenvalue weighted by atomic mass is 9.77. The zero-order valence-electron chi connectivity index (χ0n) is 10.4. The molecule has 1 saturated carbocycles. The van der Waals surface area contributed by atoms with Gasteiger partial charge in [-0.1, -0.05) is 13.3 Å². The summed E-state index contributed by atoms with van der Waals surface area (Å²) in [4.78, 5) is 11.5. The molecule has 3 nitrogen and oxygen atoms in total. The largest absolute Gasteiger partial charge is 0.300 e. The summed E-state index contributed by atoms with van der Waals surface area (Å²) >= 11 is 0. The van der Waals surface area contributed by atoms with Crippen molar-refractivity contribution in [1.29, 1.82) is 0 Å². The van der Waals surface area contributed by atoms with Crippen molar-refractivity contribution >= 4 is 15.6 Å². The van der Waals surface area contributed by atoms with Crippen molar-refractivity contribution in [3.63, 3.8) is 0 Å². The minimum Gasteiger partial charge on any atom is -0.300 e. The molecule has 0 aromatic rings. The molecular formula is C12H22O3S. The lowest BCUT2D eigenvalue weighted by Crippen LogP contribution is -2.32.